The number of aliphatic hydroxyl groups is 1. The van der Waals surface area contributed by atoms with Crippen LogP contribution in [0.4, 0.5) is 4.79 Å². The van der Waals surface area contributed by atoms with Gasteiger partial charge < -0.3 is 9.84 Å². The predicted octanol–water partition coefficient (Wildman–Crippen LogP) is 6.03. The quantitative estimate of drug-likeness (QED) is 0.457. The first-order valence-electron chi connectivity index (χ1n) is 12.5. The summed E-state index contributed by atoms with van der Waals surface area (Å²) >= 11 is 6.35. The van der Waals surface area contributed by atoms with Crippen molar-refractivity contribution in [2.45, 2.75) is 83.6 Å². The van der Waals surface area contributed by atoms with Crippen molar-refractivity contribution >= 4 is 17.7 Å². The molecule has 2 aliphatic rings. The minimum Gasteiger partial charge on any atom is -0.444 e. The summed E-state index contributed by atoms with van der Waals surface area (Å²) in [5, 5.41) is 21.2. The standard InChI is InChI=1S/C28H33ClN4O3/c1-18-7-5-6-8-22(18)28(35)13-11-19(12-14-28)25-31-30-24-17-32(26(34)36-27(2,3)4)16-20-15-21(29)9-10-23(20)33(24)25/h5-10,15,19,35H,11-14,16-17H2,1-4H3. The second-order valence-electron chi connectivity index (χ2n) is 11.0. The Morgan fingerprint density at radius 1 is 1.11 bits per heavy atom. The van der Waals surface area contributed by atoms with Gasteiger partial charge in [0.15, 0.2) is 5.82 Å². The van der Waals surface area contributed by atoms with Crippen molar-refractivity contribution in [1.82, 2.24) is 19.7 Å². The van der Waals surface area contributed by atoms with Gasteiger partial charge in [-0.2, -0.15) is 0 Å². The number of benzene rings is 2. The van der Waals surface area contributed by atoms with Crippen LogP contribution < -0.4 is 0 Å². The van der Waals surface area contributed by atoms with Crippen LogP contribution in [0.25, 0.3) is 5.69 Å². The van der Waals surface area contributed by atoms with Crippen LogP contribution in [-0.2, 0) is 23.4 Å². The van der Waals surface area contributed by atoms with Crippen molar-refractivity contribution in [3.8, 4) is 5.69 Å². The number of hydrogen-bond donors (Lipinski definition) is 1. The van der Waals surface area contributed by atoms with Gasteiger partial charge in [0.25, 0.3) is 0 Å². The summed E-state index contributed by atoms with van der Waals surface area (Å²) in [6, 6.07) is 13.8. The molecule has 0 radical (unpaired) electrons. The molecule has 1 saturated carbocycles. The van der Waals surface area contributed by atoms with Crippen LogP contribution in [0.15, 0.2) is 42.5 Å². The normalized spacial score (nSPS) is 21.9. The SMILES string of the molecule is Cc1ccccc1C1(O)CCC(c2nnc3n2-c2ccc(Cl)cc2CN(C(=O)OC(C)(C)C)C3)CC1. The monoisotopic (exact) mass is 508 g/mol. The van der Waals surface area contributed by atoms with Crippen LogP contribution in [0.2, 0.25) is 5.02 Å². The number of amides is 1. The third kappa shape index (κ3) is 4.74. The number of aryl methyl sites for hydroxylation is 1. The lowest BCUT2D eigenvalue weighted by molar-refractivity contribution is -0.00702. The van der Waals surface area contributed by atoms with Crippen LogP contribution in [0, 0.1) is 6.92 Å². The summed E-state index contributed by atoms with van der Waals surface area (Å²) in [6.07, 6.45) is 2.50. The highest BCUT2D eigenvalue weighted by atomic mass is 35.5. The van der Waals surface area contributed by atoms with E-state index >= 15 is 0 Å². The van der Waals surface area contributed by atoms with Crippen LogP contribution in [-0.4, -0.2) is 36.5 Å². The summed E-state index contributed by atoms with van der Waals surface area (Å²) in [5.74, 6) is 1.70. The van der Waals surface area contributed by atoms with E-state index in [4.69, 9.17) is 16.3 Å². The number of carbonyl (C=O) groups is 1. The summed E-state index contributed by atoms with van der Waals surface area (Å²) in [6.45, 7) is 8.27. The molecule has 2 aromatic carbocycles. The van der Waals surface area contributed by atoms with E-state index in [0.29, 0.717) is 30.2 Å². The van der Waals surface area contributed by atoms with Crippen molar-refractivity contribution in [2.75, 3.05) is 0 Å². The zero-order chi connectivity index (χ0) is 25.7. The molecule has 0 saturated heterocycles. The van der Waals surface area contributed by atoms with Crippen LogP contribution in [0.1, 0.15) is 80.7 Å². The van der Waals surface area contributed by atoms with Gasteiger partial charge in [-0.3, -0.25) is 9.47 Å². The molecule has 0 atom stereocenters. The molecule has 1 aliphatic carbocycles. The number of rotatable bonds is 2. The average Bonchev–Trinajstić information content (AvgIpc) is 3.14. The molecule has 8 heteroatoms. The van der Waals surface area contributed by atoms with Gasteiger partial charge in [-0.1, -0.05) is 35.9 Å². The van der Waals surface area contributed by atoms with Crippen molar-refractivity contribution in [3.63, 3.8) is 0 Å². The minimum absolute atomic E-state index is 0.146. The van der Waals surface area contributed by atoms with Crippen LogP contribution in [0.3, 0.4) is 0 Å². The smallest absolute Gasteiger partial charge is 0.411 e. The van der Waals surface area contributed by atoms with E-state index in [2.05, 4.69) is 27.8 Å². The lowest BCUT2D eigenvalue weighted by atomic mass is 9.74. The van der Waals surface area contributed by atoms with E-state index in [-0.39, 0.29) is 12.5 Å². The summed E-state index contributed by atoms with van der Waals surface area (Å²) in [5.41, 5.74) is 2.54. The van der Waals surface area contributed by atoms with E-state index in [1.165, 1.54) is 0 Å². The fraction of sp³-hybridized carbons (Fsp3) is 0.464. The van der Waals surface area contributed by atoms with E-state index in [1.54, 1.807) is 4.90 Å². The fourth-order valence-electron chi connectivity index (χ4n) is 5.46. The molecular weight excluding hydrogens is 476 g/mol. The maximum absolute atomic E-state index is 13.0. The van der Waals surface area contributed by atoms with Crippen LogP contribution in [0.5, 0.6) is 0 Å². The molecule has 0 bridgehead atoms. The first-order valence-corrected chi connectivity index (χ1v) is 12.9. The molecule has 0 unspecified atom stereocenters. The highest BCUT2D eigenvalue weighted by Crippen LogP contribution is 2.44. The predicted molar refractivity (Wildman–Crippen MR) is 138 cm³/mol. The Morgan fingerprint density at radius 3 is 2.53 bits per heavy atom. The van der Waals surface area contributed by atoms with Crippen molar-refractivity contribution < 1.29 is 14.6 Å². The molecule has 1 amide bonds. The number of carbonyl (C=O) groups excluding carboxylic acids is 1. The Labute approximate surface area is 217 Å². The molecule has 190 valence electrons. The number of halogens is 1. The molecule has 3 aromatic rings. The first kappa shape index (κ1) is 24.8. The van der Waals surface area contributed by atoms with Crippen molar-refractivity contribution in [1.29, 1.82) is 0 Å². The molecule has 5 rings (SSSR count). The Balaban J connectivity index is 1.46. The molecule has 7 nitrogen and oxygen atoms in total. The zero-order valence-electron chi connectivity index (χ0n) is 21.3. The largest absolute Gasteiger partial charge is 0.444 e. The fourth-order valence-corrected chi connectivity index (χ4v) is 5.66. The number of nitrogens with zero attached hydrogens (tertiary/aromatic N) is 4. The summed E-state index contributed by atoms with van der Waals surface area (Å²) < 4.78 is 7.74. The summed E-state index contributed by atoms with van der Waals surface area (Å²) in [7, 11) is 0. The maximum atomic E-state index is 13.0. The Hall–Kier alpha value is -2.90. The number of hydrogen-bond acceptors (Lipinski definition) is 5. The lowest BCUT2D eigenvalue weighted by Gasteiger charge is -2.37. The van der Waals surface area contributed by atoms with E-state index in [0.717, 1.165) is 41.0 Å². The molecule has 1 aromatic heterocycles. The molecular formula is C28H33ClN4O3. The Bertz CT molecular complexity index is 1290. The zero-order valence-corrected chi connectivity index (χ0v) is 22.0. The van der Waals surface area contributed by atoms with Crippen molar-refractivity contribution in [3.05, 3.63) is 75.8 Å². The van der Waals surface area contributed by atoms with Crippen molar-refractivity contribution in [2.24, 2.45) is 0 Å². The number of fused-ring (bicyclic) bond motifs is 3. The minimum atomic E-state index is -0.831. The third-order valence-electron chi connectivity index (χ3n) is 7.21. The van der Waals surface area contributed by atoms with Gasteiger partial charge >= 0.3 is 6.09 Å². The molecule has 0 spiro atoms. The van der Waals surface area contributed by atoms with Gasteiger partial charge in [0.1, 0.15) is 11.4 Å². The molecule has 36 heavy (non-hydrogen) atoms. The highest BCUT2D eigenvalue weighted by Gasteiger charge is 2.39. The van der Waals surface area contributed by atoms with Gasteiger partial charge in [0.05, 0.1) is 24.4 Å². The number of ether oxygens (including phenoxy) is 1. The van der Waals surface area contributed by atoms with Gasteiger partial charge in [0.2, 0.25) is 0 Å². The van der Waals surface area contributed by atoms with Gasteiger partial charge in [-0.05, 0) is 88.3 Å². The second kappa shape index (κ2) is 9.20. The average molecular weight is 509 g/mol. The number of aromatic nitrogens is 3. The molecule has 1 aliphatic heterocycles. The van der Waals surface area contributed by atoms with E-state index in [1.807, 2.05) is 57.2 Å². The lowest BCUT2D eigenvalue weighted by Crippen LogP contribution is -2.35. The second-order valence-corrected chi connectivity index (χ2v) is 11.5. The van der Waals surface area contributed by atoms with Gasteiger partial charge in [-0.25, -0.2) is 4.79 Å². The Morgan fingerprint density at radius 2 is 1.83 bits per heavy atom. The molecule has 2 heterocycles. The van der Waals surface area contributed by atoms with E-state index in [9.17, 15) is 9.90 Å². The summed E-state index contributed by atoms with van der Waals surface area (Å²) in [4.78, 5) is 14.6. The van der Waals surface area contributed by atoms with Gasteiger partial charge in [-0.15, -0.1) is 10.2 Å². The topological polar surface area (TPSA) is 80.5 Å². The maximum Gasteiger partial charge on any atom is 0.411 e. The third-order valence-corrected chi connectivity index (χ3v) is 7.44. The first-order chi connectivity index (χ1) is 17.0. The van der Waals surface area contributed by atoms with E-state index < -0.39 is 17.3 Å². The molecule has 1 N–H and O–H groups in total. The van der Waals surface area contributed by atoms with Crippen LogP contribution >= 0.6 is 11.6 Å². The highest BCUT2D eigenvalue weighted by molar-refractivity contribution is 6.30. The Kier molecular flexibility index (Phi) is 6.33. The van der Waals surface area contributed by atoms with Gasteiger partial charge in [0, 0.05) is 10.9 Å². The molecule has 1 fully saturated rings.